The zero-order valence-electron chi connectivity index (χ0n) is 14.1. The van der Waals surface area contributed by atoms with Crippen LogP contribution in [0.3, 0.4) is 0 Å². The van der Waals surface area contributed by atoms with E-state index in [1.807, 2.05) is 24.4 Å². The molecule has 25 heavy (non-hydrogen) atoms. The molecular weight excluding hydrogens is 334 g/mol. The molecule has 3 aromatic rings. The molecule has 0 unspecified atom stereocenters. The number of amides is 1. The Balaban J connectivity index is 1.69. The number of aryl methyl sites for hydroxylation is 2. The van der Waals surface area contributed by atoms with Gasteiger partial charge >= 0.3 is 0 Å². The fourth-order valence-electron chi connectivity index (χ4n) is 2.35. The summed E-state index contributed by atoms with van der Waals surface area (Å²) in [6, 6.07) is 12.7. The lowest BCUT2D eigenvalue weighted by atomic mass is 10.2. The average Bonchev–Trinajstić information content (AvgIpc) is 3.03. The van der Waals surface area contributed by atoms with E-state index in [4.69, 9.17) is 10.5 Å². The maximum atomic E-state index is 12.3. The van der Waals surface area contributed by atoms with E-state index in [-0.39, 0.29) is 11.7 Å². The molecule has 5 nitrogen and oxygen atoms in total. The van der Waals surface area contributed by atoms with Crippen LogP contribution in [0.1, 0.15) is 28.5 Å². The summed E-state index contributed by atoms with van der Waals surface area (Å²) < 4.78 is 5.89. The summed E-state index contributed by atoms with van der Waals surface area (Å²) in [6.45, 7) is 3.92. The van der Waals surface area contributed by atoms with Gasteiger partial charge in [-0.2, -0.15) is 0 Å². The topological polar surface area (TPSA) is 77.2 Å². The molecule has 2 heterocycles. The van der Waals surface area contributed by atoms with Gasteiger partial charge in [0.1, 0.15) is 11.6 Å². The van der Waals surface area contributed by atoms with Crippen LogP contribution >= 0.6 is 11.3 Å². The van der Waals surface area contributed by atoms with Crippen LogP contribution in [-0.4, -0.2) is 10.9 Å². The summed E-state index contributed by atoms with van der Waals surface area (Å²) >= 11 is 1.57. The number of hydrogen-bond acceptors (Lipinski definition) is 5. The Bertz CT molecular complexity index is 888. The Labute approximate surface area is 150 Å². The highest BCUT2D eigenvalue weighted by Crippen LogP contribution is 2.32. The maximum Gasteiger partial charge on any atom is 0.259 e. The minimum atomic E-state index is -0.287. The van der Waals surface area contributed by atoms with Crippen molar-refractivity contribution in [2.45, 2.75) is 20.3 Å². The highest BCUT2D eigenvalue weighted by Gasteiger charge is 2.11. The van der Waals surface area contributed by atoms with Gasteiger partial charge in [-0.1, -0.05) is 6.92 Å². The van der Waals surface area contributed by atoms with Crippen molar-refractivity contribution in [3.63, 3.8) is 0 Å². The third kappa shape index (κ3) is 3.97. The van der Waals surface area contributed by atoms with Crippen LogP contribution in [0.5, 0.6) is 10.8 Å². The van der Waals surface area contributed by atoms with Crippen LogP contribution in [-0.2, 0) is 6.42 Å². The van der Waals surface area contributed by atoms with Crippen molar-refractivity contribution in [3.05, 3.63) is 64.7 Å². The number of carbonyl (C=O) groups excluding carboxylic acids is 1. The molecule has 0 aliphatic heterocycles. The van der Waals surface area contributed by atoms with Gasteiger partial charge in [0.2, 0.25) is 0 Å². The van der Waals surface area contributed by atoms with E-state index in [0.29, 0.717) is 11.3 Å². The predicted molar refractivity (Wildman–Crippen MR) is 102 cm³/mol. The Morgan fingerprint density at radius 3 is 2.64 bits per heavy atom. The molecule has 128 valence electrons. The molecule has 3 rings (SSSR count). The Hall–Kier alpha value is -2.86. The first-order chi connectivity index (χ1) is 12.1. The lowest BCUT2D eigenvalue weighted by Crippen LogP contribution is -2.15. The largest absolute Gasteiger partial charge is 0.446 e. The zero-order valence-corrected chi connectivity index (χ0v) is 14.9. The first-order valence-electron chi connectivity index (χ1n) is 7.95. The highest BCUT2D eigenvalue weighted by molar-refractivity contribution is 7.12. The third-order valence-electron chi connectivity index (χ3n) is 3.72. The van der Waals surface area contributed by atoms with Crippen LogP contribution in [0.2, 0.25) is 0 Å². The van der Waals surface area contributed by atoms with Gasteiger partial charge in [0.15, 0.2) is 5.06 Å². The molecule has 0 aliphatic carbocycles. The quantitative estimate of drug-likeness (QED) is 0.700. The molecule has 0 spiro atoms. The summed E-state index contributed by atoms with van der Waals surface area (Å²) in [4.78, 5) is 16.4. The van der Waals surface area contributed by atoms with Crippen molar-refractivity contribution in [2.24, 2.45) is 0 Å². The van der Waals surface area contributed by atoms with E-state index in [0.717, 1.165) is 22.9 Å². The monoisotopic (exact) mass is 353 g/mol. The summed E-state index contributed by atoms with van der Waals surface area (Å²) in [5, 5.41) is 5.73. The van der Waals surface area contributed by atoms with Gasteiger partial charge in [0.25, 0.3) is 5.91 Å². The molecule has 0 fully saturated rings. The summed E-state index contributed by atoms with van der Waals surface area (Å²) in [5.74, 6) is 0.666. The molecule has 0 radical (unpaired) electrons. The number of nitrogens with zero attached hydrogens (tertiary/aromatic N) is 1. The van der Waals surface area contributed by atoms with Crippen LogP contribution in [0, 0.1) is 6.92 Å². The Morgan fingerprint density at radius 1 is 1.20 bits per heavy atom. The van der Waals surface area contributed by atoms with E-state index in [2.05, 4.69) is 23.3 Å². The third-order valence-corrected chi connectivity index (χ3v) is 4.55. The molecule has 0 bridgehead atoms. The fraction of sp³-hybridized carbons (Fsp3) is 0.158. The smallest absolute Gasteiger partial charge is 0.259 e. The zero-order chi connectivity index (χ0) is 17.8. The number of benzene rings is 1. The molecule has 2 aromatic heterocycles. The number of nitrogen functional groups attached to an aromatic ring is 1. The number of hydrogen-bond donors (Lipinski definition) is 2. The van der Waals surface area contributed by atoms with Gasteiger partial charge in [-0.3, -0.25) is 4.79 Å². The first kappa shape index (κ1) is 17.0. The van der Waals surface area contributed by atoms with Crippen molar-refractivity contribution in [1.29, 1.82) is 0 Å². The van der Waals surface area contributed by atoms with Crippen molar-refractivity contribution < 1.29 is 9.53 Å². The lowest BCUT2D eigenvalue weighted by molar-refractivity contribution is 0.102. The number of rotatable bonds is 5. The normalized spacial score (nSPS) is 10.5. The molecule has 1 amide bonds. The number of thiophene rings is 1. The van der Waals surface area contributed by atoms with Gasteiger partial charge in [0, 0.05) is 16.9 Å². The first-order valence-corrected chi connectivity index (χ1v) is 8.83. The number of aromatic nitrogens is 1. The average molecular weight is 353 g/mol. The molecule has 0 saturated carbocycles. The van der Waals surface area contributed by atoms with E-state index < -0.39 is 0 Å². The minimum Gasteiger partial charge on any atom is -0.446 e. The Kier molecular flexibility index (Phi) is 5.00. The highest BCUT2D eigenvalue weighted by atomic mass is 32.1. The number of nitrogens with two attached hydrogens (primary N) is 1. The number of anilines is 2. The Morgan fingerprint density at radius 2 is 1.96 bits per heavy atom. The summed E-state index contributed by atoms with van der Waals surface area (Å²) in [7, 11) is 0. The summed E-state index contributed by atoms with van der Waals surface area (Å²) in [5.41, 5.74) is 8.80. The molecule has 0 aliphatic rings. The van der Waals surface area contributed by atoms with E-state index in [1.165, 1.54) is 5.56 Å². The maximum absolute atomic E-state index is 12.3. The number of pyridine rings is 1. The van der Waals surface area contributed by atoms with Gasteiger partial charge in [-0.15, -0.1) is 11.3 Å². The predicted octanol–water partition coefficient (Wildman–Crippen LogP) is 4.64. The number of carbonyl (C=O) groups is 1. The SMILES string of the molecule is CCc1ccsc1Oc1ccc(NC(=O)c2ccc(C)nc2N)cc1. The van der Waals surface area contributed by atoms with Gasteiger partial charge in [-0.05, 0) is 61.2 Å². The molecule has 0 atom stereocenters. The number of nitrogens with one attached hydrogen (secondary N) is 1. The number of ether oxygens (including phenoxy) is 1. The van der Waals surface area contributed by atoms with Crippen molar-refractivity contribution in [3.8, 4) is 10.8 Å². The van der Waals surface area contributed by atoms with Crippen molar-refractivity contribution in [1.82, 2.24) is 4.98 Å². The fourth-order valence-corrected chi connectivity index (χ4v) is 3.22. The molecule has 1 aromatic carbocycles. The van der Waals surface area contributed by atoms with E-state index >= 15 is 0 Å². The van der Waals surface area contributed by atoms with Crippen LogP contribution in [0.25, 0.3) is 0 Å². The molecule has 0 saturated heterocycles. The second-order valence-electron chi connectivity index (χ2n) is 5.55. The second-order valence-corrected chi connectivity index (χ2v) is 6.43. The van der Waals surface area contributed by atoms with E-state index in [9.17, 15) is 4.79 Å². The van der Waals surface area contributed by atoms with Gasteiger partial charge < -0.3 is 15.8 Å². The van der Waals surface area contributed by atoms with Gasteiger partial charge in [-0.25, -0.2) is 4.98 Å². The molecular formula is C19H19N3O2S. The van der Waals surface area contributed by atoms with Crippen molar-refractivity contribution >= 4 is 28.7 Å². The van der Waals surface area contributed by atoms with Crippen molar-refractivity contribution in [2.75, 3.05) is 11.1 Å². The molecule has 3 N–H and O–H groups in total. The van der Waals surface area contributed by atoms with Crippen LogP contribution < -0.4 is 15.8 Å². The minimum absolute atomic E-state index is 0.224. The summed E-state index contributed by atoms with van der Waals surface area (Å²) in [6.07, 6.45) is 0.930. The van der Waals surface area contributed by atoms with E-state index in [1.54, 1.807) is 35.6 Å². The standard InChI is InChI=1S/C19H19N3O2S/c1-3-13-10-11-25-19(13)24-15-7-5-14(6-8-15)22-18(23)16-9-4-12(2)21-17(16)20/h4-11H,3H2,1-2H3,(H2,20,21)(H,22,23). The molecule has 6 heteroatoms. The van der Waals surface area contributed by atoms with Crippen LogP contribution in [0.4, 0.5) is 11.5 Å². The lowest BCUT2D eigenvalue weighted by Gasteiger charge is -2.09. The second kappa shape index (κ2) is 7.36. The van der Waals surface area contributed by atoms with Crippen LogP contribution in [0.15, 0.2) is 47.8 Å². The van der Waals surface area contributed by atoms with Gasteiger partial charge in [0.05, 0.1) is 5.56 Å².